The van der Waals surface area contributed by atoms with Gasteiger partial charge in [0.2, 0.25) is 0 Å². The zero-order valence-corrected chi connectivity index (χ0v) is 17.1. The number of aromatic amines is 2. The van der Waals surface area contributed by atoms with E-state index in [1.807, 2.05) is 54.6 Å². The van der Waals surface area contributed by atoms with Crippen molar-refractivity contribution in [3.8, 4) is 28.6 Å². The van der Waals surface area contributed by atoms with E-state index in [0.717, 1.165) is 50.7 Å². The number of nitrogens with zero attached hydrogens (tertiary/aromatic N) is 8. The predicted molar refractivity (Wildman–Crippen MR) is 116 cm³/mol. The Labute approximate surface area is 176 Å². The largest absolute Gasteiger partial charge is 0.335 e. The van der Waals surface area contributed by atoms with E-state index < -0.39 is 0 Å². The van der Waals surface area contributed by atoms with Crippen LogP contribution in [0.3, 0.4) is 0 Å². The Morgan fingerprint density at radius 2 is 1.84 bits per heavy atom. The van der Waals surface area contributed by atoms with Crippen molar-refractivity contribution in [1.29, 1.82) is 0 Å². The van der Waals surface area contributed by atoms with Crippen LogP contribution in [0.5, 0.6) is 0 Å². The van der Waals surface area contributed by atoms with Crippen molar-refractivity contribution in [2.75, 3.05) is 0 Å². The number of nitrogens with one attached hydrogen (secondary N) is 2. The first-order chi connectivity index (χ1) is 15.1. The molecule has 0 spiro atoms. The Kier molecular flexibility index (Phi) is 3.57. The molecule has 0 aliphatic rings. The summed E-state index contributed by atoms with van der Waals surface area (Å²) in [5.41, 5.74) is 7.37. The zero-order valence-electron chi connectivity index (χ0n) is 17.1. The van der Waals surface area contributed by atoms with Gasteiger partial charge in [-0.2, -0.15) is 5.10 Å². The molecule has 6 aromatic heterocycles. The summed E-state index contributed by atoms with van der Waals surface area (Å²) in [6.45, 7) is 3.91. The van der Waals surface area contributed by atoms with Gasteiger partial charge in [0.1, 0.15) is 16.9 Å². The second-order valence-electron chi connectivity index (χ2n) is 7.48. The lowest BCUT2D eigenvalue weighted by Gasteiger charge is -2.03. The summed E-state index contributed by atoms with van der Waals surface area (Å²) in [7, 11) is 1.98. The highest BCUT2D eigenvalue weighted by Crippen LogP contribution is 2.29. The van der Waals surface area contributed by atoms with Crippen LogP contribution in [0.15, 0.2) is 43.2 Å². The summed E-state index contributed by atoms with van der Waals surface area (Å²) in [6.07, 6.45) is 9.06. The van der Waals surface area contributed by atoms with Gasteiger partial charge in [-0.25, -0.2) is 19.9 Å². The lowest BCUT2D eigenvalue weighted by atomic mass is 10.2. The highest BCUT2D eigenvalue weighted by atomic mass is 15.2. The van der Waals surface area contributed by atoms with Crippen molar-refractivity contribution < 1.29 is 0 Å². The average molecular weight is 410 g/mol. The second-order valence-corrected chi connectivity index (χ2v) is 7.48. The molecule has 0 radical (unpaired) electrons. The van der Waals surface area contributed by atoms with Crippen molar-refractivity contribution in [3.05, 3.63) is 54.8 Å². The summed E-state index contributed by atoms with van der Waals surface area (Å²) < 4.78 is 3.93. The molecule has 0 atom stereocenters. The second kappa shape index (κ2) is 6.33. The van der Waals surface area contributed by atoms with Crippen molar-refractivity contribution in [3.63, 3.8) is 0 Å². The first kappa shape index (κ1) is 17.5. The zero-order chi connectivity index (χ0) is 21.1. The van der Waals surface area contributed by atoms with Crippen LogP contribution < -0.4 is 0 Å². The van der Waals surface area contributed by atoms with E-state index in [2.05, 4.69) is 30.1 Å². The van der Waals surface area contributed by atoms with Crippen LogP contribution in [0.2, 0.25) is 0 Å². The van der Waals surface area contributed by atoms with Crippen LogP contribution >= 0.6 is 0 Å². The lowest BCUT2D eigenvalue weighted by Crippen LogP contribution is -1.96. The third-order valence-electron chi connectivity index (χ3n) is 5.48. The maximum absolute atomic E-state index is 4.86. The van der Waals surface area contributed by atoms with Crippen molar-refractivity contribution in [1.82, 2.24) is 49.2 Å². The van der Waals surface area contributed by atoms with E-state index in [0.29, 0.717) is 11.5 Å². The molecule has 0 saturated heterocycles. The quantitative estimate of drug-likeness (QED) is 0.463. The van der Waals surface area contributed by atoms with Gasteiger partial charge in [0.15, 0.2) is 11.5 Å². The lowest BCUT2D eigenvalue weighted by molar-refractivity contribution is 0.862. The van der Waals surface area contributed by atoms with E-state index in [4.69, 9.17) is 9.97 Å². The van der Waals surface area contributed by atoms with Gasteiger partial charge in [0.05, 0.1) is 58.7 Å². The molecule has 10 nitrogen and oxygen atoms in total. The summed E-state index contributed by atoms with van der Waals surface area (Å²) in [5.74, 6) is 1.55. The van der Waals surface area contributed by atoms with E-state index in [9.17, 15) is 0 Å². The van der Waals surface area contributed by atoms with Crippen LogP contribution in [-0.4, -0.2) is 49.2 Å². The average Bonchev–Trinajstić information content (AvgIpc) is 3.54. The highest BCUT2D eigenvalue weighted by molar-refractivity contribution is 5.92. The maximum Gasteiger partial charge on any atom is 0.161 e. The standard InChI is InChI=1S/C21H18N10/c1-11-9-31(10-24-11)17-7-22-6-15-18(17)27-21(26-15)20-19-14(28-29-20)5-4-13(25-19)16-8-23-12(2)30(16)3/h4-10H,1-3H3,(H,26,27)(H,28,29). The third-order valence-corrected chi connectivity index (χ3v) is 5.48. The number of fused-ring (bicyclic) bond motifs is 2. The highest BCUT2D eigenvalue weighted by Gasteiger charge is 2.18. The first-order valence-corrected chi connectivity index (χ1v) is 9.77. The molecule has 6 rings (SSSR count). The molecular weight excluding hydrogens is 392 g/mol. The van der Waals surface area contributed by atoms with Crippen LogP contribution in [-0.2, 0) is 7.05 Å². The topological polar surface area (TPSA) is 119 Å². The number of H-pyrrole nitrogens is 2. The smallest absolute Gasteiger partial charge is 0.161 e. The van der Waals surface area contributed by atoms with Crippen LogP contribution in [0, 0.1) is 13.8 Å². The predicted octanol–water partition coefficient (Wildman–Crippen LogP) is 3.10. The molecular formula is C21H18N10. The summed E-state index contributed by atoms with van der Waals surface area (Å²) in [6, 6.07) is 3.93. The van der Waals surface area contributed by atoms with E-state index in [-0.39, 0.29) is 0 Å². The van der Waals surface area contributed by atoms with E-state index >= 15 is 0 Å². The number of aromatic nitrogens is 10. The van der Waals surface area contributed by atoms with Gasteiger partial charge in [-0.3, -0.25) is 10.1 Å². The molecule has 6 aromatic rings. The van der Waals surface area contributed by atoms with Gasteiger partial charge in [-0.15, -0.1) is 0 Å². The number of rotatable bonds is 3. The molecule has 10 heteroatoms. The van der Waals surface area contributed by atoms with Crippen molar-refractivity contribution in [2.45, 2.75) is 13.8 Å². The summed E-state index contributed by atoms with van der Waals surface area (Å²) in [5, 5.41) is 7.54. The summed E-state index contributed by atoms with van der Waals surface area (Å²) in [4.78, 5) is 26.1. The van der Waals surface area contributed by atoms with E-state index in [1.165, 1.54) is 0 Å². The molecule has 0 aliphatic heterocycles. The SMILES string of the molecule is Cc1cn(-c2cncc3[nH]c(-c4n[nH]c5ccc(-c6cnc(C)n6C)nc45)nc23)cn1. The minimum absolute atomic E-state index is 0.623. The van der Waals surface area contributed by atoms with Gasteiger partial charge < -0.3 is 14.1 Å². The molecule has 0 aromatic carbocycles. The molecule has 152 valence electrons. The van der Waals surface area contributed by atoms with Crippen LogP contribution in [0.4, 0.5) is 0 Å². The molecule has 0 fully saturated rings. The van der Waals surface area contributed by atoms with Gasteiger partial charge in [-0.05, 0) is 26.0 Å². The molecule has 0 unspecified atom stereocenters. The number of hydrogen-bond donors (Lipinski definition) is 2. The molecule has 0 amide bonds. The van der Waals surface area contributed by atoms with Gasteiger partial charge in [-0.1, -0.05) is 0 Å². The normalized spacial score (nSPS) is 11.7. The van der Waals surface area contributed by atoms with Crippen LogP contribution in [0.1, 0.15) is 11.5 Å². The van der Waals surface area contributed by atoms with Gasteiger partial charge in [0.25, 0.3) is 0 Å². The number of pyridine rings is 2. The van der Waals surface area contributed by atoms with E-state index in [1.54, 1.807) is 18.7 Å². The Morgan fingerprint density at radius 1 is 0.935 bits per heavy atom. The number of hydrogen-bond acceptors (Lipinski definition) is 6. The van der Waals surface area contributed by atoms with Gasteiger partial charge >= 0.3 is 0 Å². The Bertz CT molecular complexity index is 1580. The third kappa shape index (κ3) is 2.65. The fourth-order valence-corrected chi connectivity index (χ4v) is 3.72. The van der Waals surface area contributed by atoms with Crippen LogP contribution in [0.25, 0.3) is 50.7 Å². The fraction of sp³-hybridized carbons (Fsp3) is 0.143. The molecule has 6 heterocycles. The summed E-state index contributed by atoms with van der Waals surface area (Å²) >= 11 is 0. The minimum atomic E-state index is 0.623. The Balaban J connectivity index is 1.52. The first-order valence-electron chi connectivity index (χ1n) is 9.77. The molecule has 0 bridgehead atoms. The molecule has 0 saturated carbocycles. The molecule has 31 heavy (non-hydrogen) atoms. The minimum Gasteiger partial charge on any atom is -0.335 e. The van der Waals surface area contributed by atoms with Crippen molar-refractivity contribution >= 4 is 22.1 Å². The number of imidazole rings is 3. The maximum atomic E-state index is 4.86. The van der Waals surface area contributed by atoms with Crippen molar-refractivity contribution in [2.24, 2.45) is 7.05 Å². The van der Waals surface area contributed by atoms with Gasteiger partial charge in [0, 0.05) is 13.2 Å². The molecule has 0 aliphatic carbocycles. The molecule has 2 N–H and O–H groups in total. The number of aryl methyl sites for hydroxylation is 2. The Hall–Kier alpha value is -4.34. The monoisotopic (exact) mass is 410 g/mol. The Morgan fingerprint density at radius 3 is 2.61 bits per heavy atom. The fourth-order valence-electron chi connectivity index (χ4n) is 3.72.